The average Bonchev–Trinajstić information content (AvgIpc) is 2.02. The van der Waals surface area contributed by atoms with Gasteiger partial charge in [-0.3, -0.25) is 0 Å². The second-order valence-corrected chi connectivity index (χ2v) is 4.07. The van der Waals surface area contributed by atoms with Crippen LogP contribution in [0, 0.1) is 17.8 Å². The Balaban J connectivity index is 2.68. The predicted molar refractivity (Wildman–Crippen MR) is 55.7 cm³/mol. The highest BCUT2D eigenvalue weighted by atomic mass is 16.6. The van der Waals surface area contributed by atoms with Crippen molar-refractivity contribution in [3.8, 4) is 0 Å². The van der Waals surface area contributed by atoms with E-state index in [0.29, 0.717) is 17.8 Å². The number of oxime groups is 1. The van der Waals surface area contributed by atoms with Crippen molar-refractivity contribution in [3.63, 3.8) is 0 Å². The van der Waals surface area contributed by atoms with Crippen molar-refractivity contribution in [2.45, 2.75) is 27.2 Å². The highest BCUT2D eigenvalue weighted by Crippen LogP contribution is 2.32. The molecule has 3 atom stereocenters. The smallest absolute Gasteiger partial charge is 0.106 e. The Labute approximate surface area is 80.7 Å². The molecule has 0 radical (unpaired) electrons. The van der Waals surface area contributed by atoms with Gasteiger partial charge in [0.2, 0.25) is 0 Å². The lowest BCUT2D eigenvalue weighted by Gasteiger charge is -2.29. The van der Waals surface area contributed by atoms with Crippen molar-refractivity contribution in [1.29, 1.82) is 0 Å². The summed E-state index contributed by atoms with van der Waals surface area (Å²) in [5.74, 6) is 1.80. The minimum Gasteiger partial charge on any atom is -0.399 e. The van der Waals surface area contributed by atoms with E-state index in [1.807, 2.05) is 6.21 Å². The second kappa shape index (κ2) is 4.45. The van der Waals surface area contributed by atoms with Gasteiger partial charge in [0.1, 0.15) is 7.11 Å². The van der Waals surface area contributed by atoms with Crippen LogP contribution < -0.4 is 0 Å². The predicted octanol–water partition coefficient (Wildman–Crippen LogP) is 2.86. The molecule has 3 unspecified atom stereocenters. The topological polar surface area (TPSA) is 21.6 Å². The molecule has 0 saturated carbocycles. The van der Waals surface area contributed by atoms with Gasteiger partial charge in [-0.2, -0.15) is 0 Å². The maximum absolute atomic E-state index is 4.72. The van der Waals surface area contributed by atoms with Crippen molar-refractivity contribution in [3.05, 3.63) is 11.6 Å². The first-order chi connectivity index (χ1) is 6.15. The molecule has 0 N–H and O–H groups in total. The zero-order valence-corrected chi connectivity index (χ0v) is 8.95. The molecule has 0 spiro atoms. The van der Waals surface area contributed by atoms with Gasteiger partial charge in [-0.05, 0) is 25.2 Å². The summed E-state index contributed by atoms with van der Waals surface area (Å²) in [4.78, 5) is 4.72. The number of nitrogens with zero attached hydrogens (tertiary/aromatic N) is 1. The highest BCUT2D eigenvalue weighted by molar-refractivity contribution is 5.61. The van der Waals surface area contributed by atoms with Gasteiger partial charge in [0.05, 0.1) is 0 Å². The molecule has 0 heterocycles. The van der Waals surface area contributed by atoms with E-state index in [0.717, 1.165) is 0 Å². The molecular formula is C11H19NO. The molecule has 0 fully saturated rings. The molecule has 74 valence electrons. The Hall–Kier alpha value is -0.790. The molecule has 2 heteroatoms. The molecule has 2 nitrogen and oxygen atoms in total. The Morgan fingerprint density at radius 3 is 2.77 bits per heavy atom. The summed E-state index contributed by atoms with van der Waals surface area (Å²) in [6.07, 6.45) is 5.47. The Morgan fingerprint density at radius 1 is 1.54 bits per heavy atom. The summed E-state index contributed by atoms with van der Waals surface area (Å²) >= 11 is 0. The van der Waals surface area contributed by atoms with Gasteiger partial charge < -0.3 is 4.84 Å². The minimum absolute atomic E-state index is 0.531. The largest absolute Gasteiger partial charge is 0.399 e. The van der Waals surface area contributed by atoms with Gasteiger partial charge in [0.15, 0.2) is 0 Å². The van der Waals surface area contributed by atoms with Crippen LogP contribution in [0.1, 0.15) is 27.2 Å². The number of allylic oxidation sites excluding steroid dienone is 2. The van der Waals surface area contributed by atoms with E-state index >= 15 is 0 Å². The van der Waals surface area contributed by atoms with Crippen molar-refractivity contribution >= 4 is 6.21 Å². The first-order valence-electron chi connectivity index (χ1n) is 4.89. The lowest BCUT2D eigenvalue weighted by atomic mass is 9.76. The van der Waals surface area contributed by atoms with E-state index in [4.69, 9.17) is 4.84 Å². The van der Waals surface area contributed by atoms with Gasteiger partial charge in [-0.15, -0.1) is 0 Å². The van der Waals surface area contributed by atoms with E-state index in [1.165, 1.54) is 12.0 Å². The maximum Gasteiger partial charge on any atom is 0.106 e. The van der Waals surface area contributed by atoms with Crippen molar-refractivity contribution < 1.29 is 4.84 Å². The van der Waals surface area contributed by atoms with E-state index in [9.17, 15) is 0 Å². The average molecular weight is 181 g/mol. The SMILES string of the molecule is CON=CC1C(C)C=C(C)CC1C. The van der Waals surface area contributed by atoms with Crippen LogP contribution >= 0.6 is 0 Å². The van der Waals surface area contributed by atoms with Crippen LogP contribution in [0.3, 0.4) is 0 Å². The standard InChI is InChI=1S/C11H19NO/c1-8-5-9(2)11(7-12-13-4)10(3)6-8/h5,7,9-11H,6H2,1-4H3. The van der Waals surface area contributed by atoms with Gasteiger partial charge >= 0.3 is 0 Å². The zero-order chi connectivity index (χ0) is 9.84. The van der Waals surface area contributed by atoms with Crippen molar-refractivity contribution in [2.75, 3.05) is 7.11 Å². The van der Waals surface area contributed by atoms with E-state index in [1.54, 1.807) is 7.11 Å². The zero-order valence-electron chi connectivity index (χ0n) is 8.95. The molecule has 1 aliphatic rings. The lowest BCUT2D eigenvalue weighted by molar-refractivity contribution is 0.209. The normalized spacial score (nSPS) is 34.8. The number of rotatable bonds is 2. The van der Waals surface area contributed by atoms with E-state index in [-0.39, 0.29) is 0 Å². The molecule has 0 aromatic rings. The molecule has 13 heavy (non-hydrogen) atoms. The highest BCUT2D eigenvalue weighted by Gasteiger charge is 2.25. The molecule has 0 aromatic heterocycles. The van der Waals surface area contributed by atoms with Gasteiger partial charge in [0.25, 0.3) is 0 Å². The fourth-order valence-electron chi connectivity index (χ4n) is 2.20. The summed E-state index contributed by atoms with van der Waals surface area (Å²) < 4.78 is 0. The first-order valence-corrected chi connectivity index (χ1v) is 4.89. The fourth-order valence-corrected chi connectivity index (χ4v) is 2.20. The third kappa shape index (κ3) is 2.58. The van der Waals surface area contributed by atoms with Gasteiger partial charge in [-0.1, -0.05) is 30.7 Å². The molecular weight excluding hydrogens is 162 g/mol. The van der Waals surface area contributed by atoms with Crippen LogP contribution in [0.4, 0.5) is 0 Å². The van der Waals surface area contributed by atoms with Crippen molar-refractivity contribution in [2.24, 2.45) is 22.9 Å². The molecule has 0 amide bonds. The Morgan fingerprint density at radius 2 is 2.23 bits per heavy atom. The minimum atomic E-state index is 0.531. The Kier molecular flexibility index (Phi) is 3.52. The quantitative estimate of drug-likeness (QED) is 0.364. The summed E-state index contributed by atoms with van der Waals surface area (Å²) in [7, 11) is 1.59. The van der Waals surface area contributed by atoms with Gasteiger partial charge in [0, 0.05) is 12.1 Å². The first kappa shape index (κ1) is 10.3. The lowest BCUT2D eigenvalue weighted by Crippen LogP contribution is -2.24. The summed E-state index contributed by atoms with van der Waals surface area (Å²) in [5, 5.41) is 3.87. The van der Waals surface area contributed by atoms with Gasteiger partial charge in [-0.25, -0.2) is 0 Å². The van der Waals surface area contributed by atoms with Crippen LogP contribution in [0.15, 0.2) is 16.8 Å². The summed E-state index contributed by atoms with van der Waals surface area (Å²) in [6, 6.07) is 0. The second-order valence-electron chi connectivity index (χ2n) is 4.07. The molecule has 0 bridgehead atoms. The molecule has 1 aliphatic carbocycles. The maximum atomic E-state index is 4.72. The van der Waals surface area contributed by atoms with E-state index < -0.39 is 0 Å². The van der Waals surface area contributed by atoms with Crippen LogP contribution in [0.2, 0.25) is 0 Å². The van der Waals surface area contributed by atoms with Crippen LogP contribution in [-0.4, -0.2) is 13.3 Å². The van der Waals surface area contributed by atoms with Crippen LogP contribution in [0.5, 0.6) is 0 Å². The summed E-state index contributed by atoms with van der Waals surface area (Å²) in [6.45, 7) is 6.72. The summed E-state index contributed by atoms with van der Waals surface area (Å²) in [5.41, 5.74) is 1.50. The fraction of sp³-hybridized carbons (Fsp3) is 0.727. The number of hydrogen-bond donors (Lipinski definition) is 0. The van der Waals surface area contributed by atoms with Crippen LogP contribution in [-0.2, 0) is 4.84 Å². The Bertz CT molecular complexity index is 220. The monoisotopic (exact) mass is 181 g/mol. The molecule has 0 aliphatic heterocycles. The molecule has 0 aromatic carbocycles. The third-order valence-electron chi connectivity index (χ3n) is 2.79. The van der Waals surface area contributed by atoms with Crippen molar-refractivity contribution in [1.82, 2.24) is 0 Å². The van der Waals surface area contributed by atoms with E-state index in [2.05, 4.69) is 32.0 Å². The third-order valence-corrected chi connectivity index (χ3v) is 2.79. The van der Waals surface area contributed by atoms with Crippen LogP contribution in [0.25, 0.3) is 0 Å². The molecule has 0 saturated heterocycles. The molecule has 1 rings (SSSR count). The number of hydrogen-bond acceptors (Lipinski definition) is 2.